The summed E-state index contributed by atoms with van der Waals surface area (Å²) in [6, 6.07) is 8.15. The van der Waals surface area contributed by atoms with Crippen LogP contribution in [0.25, 0.3) is 10.9 Å². The molecular weight excluding hydrogens is 282 g/mol. The first-order chi connectivity index (χ1) is 10.1. The summed E-state index contributed by atoms with van der Waals surface area (Å²) in [7, 11) is 0. The molecule has 0 saturated heterocycles. The lowest BCUT2D eigenvalue weighted by Gasteiger charge is -2.37. The Labute approximate surface area is 129 Å². The van der Waals surface area contributed by atoms with Gasteiger partial charge in [-0.2, -0.15) is 0 Å². The van der Waals surface area contributed by atoms with Crippen molar-refractivity contribution >= 4 is 28.6 Å². The summed E-state index contributed by atoms with van der Waals surface area (Å²) in [4.78, 5) is 16.6. The minimum absolute atomic E-state index is 0.252. The van der Waals surface area contributed by atoms with Crippen LogP contribution in [0.2, 0.25) is 0 Å². The number of benzene rings is 1. The predicted octanol–water partition coefficient (Wildman–Crippen LogP) is 4.33. The zero-order valence-corrected chi connectivity index (χ0v) is 13.2. The van der Waals surface area contributed by atoms with Gasteiger partial charge in [-0.15, -0.1) is 11.8 Å². The summed E-state index contributed by atoms with van der Waals surface area (Å²) < 4.78 is 5.45. The van der Waals surface area contributed by atoms with Crippen molar-refractivity contribution in [3.63, 3.8) is 0 Å². The van der Waals surface area contributed by atoms with Crippen LogP contribution in [0.4, 0.5) is 0 Å². The first-order valence-corrected chi connectivity index (χ1v) is 8.07. The molecule has 0 radical (unpaired) electrons. The molecule has 3 nitrogen and oxygen atoms in total. The summed E-state index contributed by atoms with van der Waals surface area (Å²) >= 11 is 1.95. The van der Waals surface area contributed by atoms with Crippen LogP contribution in [0.5, 0.6) is 0 Å². The first-order valence-electron chi connectivity index (χ1n) is 7.26. The lowest BCUT2D eigenvalue weighted by atomic mass is 9.86. The van der Waals surface area contributed by atoms with E-state index < -0.39 is 0 Å². The van der Waals surface area contributed by atoms with Crippen LogP contribution in [0, 0.1) is 0 Å². The minimum Gasteiger partial charge on any atom is -0.461 e. The summed E-state index contributed by atoms with van der Waals surface area (Å²) in [6.07, 6.45) is 5.74. The molecule has 1 aromatic carbocycles. The monoisotopic (exact) mass is 301 g/mol. The number of carbonyl (C=O) groups is 1. The van der Waals surface area contributed by atoms with E-state index in [1.165, 1.54) is 31.1 Å². The minimum atomic E-state index is -0.252. The molecule has 0 spiro atoms. The van der Waals surface area contributed by atoms with Crippen molar-refractivity contribution in [3.05, 3.63) is 36.0 Å². The van der Waals surface area contributed by atoms with E-state index in [1.807, 2.05) is 30.1 Å². The highest BCUT2D eigenvalue weighted by Gasteiger charge is 2.33. The second kappa shape index (κ2) is 5.68. The number of pyridine rings is 1. The number of thioether (sulfide) groups is 1. The highest BCUT2D eigenvalue weighted by atomic mass is 32.2. The van der Waals surface area contributed by atoms with Crippen molar-refractivity contribution in [1.29, 1.82) is 0 Å². The number of aromatic nitrogens is 1. The molecule has 0 bridgehead atoms. The zero-order valence-electron chi connectivity index (χ0n) is 12.4. The molecule has 1 aliphatic rings. The van der Waals surface area contributed by atoms with Gasteiger partial charge in [0.25, 0.3) is 0 Å². The number of nitrogens with zero attached hydrogens (tertiary/aromatic N) is 1. The van der Waals surface area contributed by atoms with Crippen LogP contribution in [0.15, 0.2) is 35.4 Å². The van der Waals surface area contributed by atoms with Gasteiger partial charge >= 0.3 is 5.97 Å². The lowest BCUT2D eigenvalue weighted by Crippen LogP contribution is -2.28. The molecule has 1 saturated carbocycles. The van der Waals surface area contributed by atoms with Crippen molar-refractivity contribution < 1.29 is 9.53 Å². The number of hydrogen-bond acceptors (Lipinski definition) is 4. The maximum Gasteiger partial charge on any atom is 0.302 e. The SMILES string of the molecule is CC(=O)OCc1ccc2nccc(SC3(C)CCC3)c2c1. The molecule has 21 heavy (non-hydrogen) atoms. The van der Waals surface area contributed by atoms with E-state index in [0.717, 1.165) is 16.5 Å². The van der Waals surface area contributed by atoms with Gasteiger partial charge in [-0.1, -0.05) is 19.4 Å². The summed E-state index contributed by atoms with van der Waals surface area (Å²) in [5, 5.41) is 1.15. The van der Waals surface area contributed by atoms with Crippen molar-refractivity contribution in [1.82, 2.24) is 4.98 Å². The number of hydrogen-bond donors (Lipinski definition) is 0. The highest BCUT2D eigenvalue weighted by Crippen LogP contribution is 2.48. The van der Waals surface area contributed by atoms with E-state index in [0.29, 0.717) is 11.4 Å². The average molecular weight is 301 g/mol. The Hall–Kier alpha value is -1.55. The molecule has 1 fully saturated rings. The molecular formula is C17H19NO2S. The molecule has 110 valence electrons. The van der Waals surface area contributed by atoms with Gasteiger partial charge in [0.2, 0.25) is 0 Å². The Kier molecular flexibility index (Phi) is 3.89. The van der Waals surface area contributed by atoms with Gasteiger partial charge in [0.1, 0.15) is 6.61 Å². The Bertz CT molecular complexity index is 680. The second-order valence-corrected chi connectivity index (χ2v) is 7.48. The van der Waals surface area contributed by atoms with Crippen LogP contribution in [0.1, 0.15) is 38.7 Å². The van der Waals surface area contributed by atoms with E-state index in [9.17, 15) is 4.79 Å². The molecule has 1 heterocycles. The molecule has 1 aliphatic carbocycles. The Morgan fingerprint density at radius 3 is 2.86 bits per heavy atom. The topological polar surface area (TPSA) is 39.2 Å². The number of rotatable bonds is 4. The van der Waals surface area contributed by atoms with Gasteiger partial charge in [-0.05, 0) is 36.6 Å². The summed E-state index contributed by atoms with van der Waals surface area (Å²) in [5.41, 5.74) is 2.00. The largest absolute Gasteiger partial charge is 0.461 e. The van der Waals surface area contributed by atoms with Crippen molar-refractivity contribution in [3.8, 4) is 0 Å². The molecule has 2 aromatic rings. The lowest BCUT2D eigenvalue weighted by molar-refractivity contribution is -0.142. The number of carbonyl (C=O) groups excluding carboxylic acids is 1. The van der Waals surface area contributed by atoms with Gasteiger partial charge in [0, 0.05) is 28.1 Å². The van der Waals surface area contributed by atoms with Crippen LogP contribution >= 0.6 is 11.8 Å². The van der Waals surface area contributed by atoms with E-state index in [1.54, 1.807) is 0 Å². The molecule has 4 heteroatoms. The maximum absolute atomic E-state index is 10.9. The van der Waals surface area contributed by atoms with Gasteiger partial charge in [-0.3, -0.25) is 9.78 Å². The van der Waals surface area contributed by atoms with E-state index in [-0.39, 0.29) is 5.97 Å². The van der Waals surface area contributed by atoms with Crippen molar-refractivity contribution in [2.75, 3.05) is 0 Å². The van der Waals surface area contributed by atoms with Gasteiger partial charge in [-0.25, -0.2) is 0 Å². The summed E-state index contributed by atoms with van der Waals surface area (Å²) in [5.74, 6) is -0.252. The standard InChI is InChI=1S/C17H19NO2S/c1-12(19)20-11-13-4-5-15-14(10-13)16(6-9-18-15)21-17(2)7-3-8-17/h4-6,9-10H,3,7-8,11H2,1-2H3. The number of esters is 1. The zero-order chi connectivity index (χ0) is 14.9. The molecule has 0 N–H and O–H groups in total. The van der Waals surface area contributed by atoms with Crippen molar-refractivity contribution in [2.24, 2.45) is 0 Å². The fraction of sp³-hybridized carbons (Fsp3) is 0.412. The number of fused-ring (bicyclic) bond motifs is 1. The third-order valence-corrected chi connectivity index (χ3v) is 5.45. The Morgan fingerprint density at radius 2 is 2.19 bits per heavy atom. The van der Waals surface area contributed by atoms with Gasteiger partial charge in [0.05, 0.1) is 5.52 Å². The second-order valence-electron chi connectivity index (χ2n) is 5.85. The van der Waals surface area contributed by atoms with Crippen LogP contribution in [-0.2, 0) is 16.1 Å². The van der Waals surface area contributed by atoms with E-state index in [2.05, 4.69) is 24.0 Å². The predicted molar refractivity (Wildman–Crippen MR) is 85.3 cm³/mol. The van der Waals surface area contributed by atoms with Crippen LogP contribution < -0.4 is 0 Å². The Morgan fingerprint density at radius 1 is 1.38 bits per heavy atom. The first kappa shape index (κ1) is 14.4. The third-order valence-electron chi connectivity index (χ3n) is 3.98. The molecule has 3 rings (SSSR count). The number of ether oxygens (including phenoxy) is 1. The molecule has 0 amide bonds. The maximum atomic E-state index is 10.9. The molecule has 0 unspecified atom stereocenters. The molecule has 0 aliphatic heterocycles. The van der Waals surface area contributed by atoms with Gasteiger partial charge in [0.15, 0.2) is 0 Å². The highest BCUT2D eigenvalue weighted by molar-refractivity contribution is 8.01. The third kappa shape index (κ3) is 3.21. The Balaban J connectivity index is 1.91. The molecule has 0 atom stereocenters. The fourth-order valence-electron chi connectivity index (χ4n) is 2.57. The van der Waals surface area contributed by atoms with Crippen LogP contribution in [0.3, 0.4) is 0 Å². The molecule has 1 aromatic heterocycles. The quantitative estimate of drug-likeness (QED) is 0.788. The van der Waals surface area contributed by atoms with Gasteiger partial charge < -0.3 is 4.74 Å². The van der Waals surface area contributed by atoms with E-state index >= 15 is 0 Å². The van der Waals surface area contributed by atoms with E-state index in [4.69, 9.17) is 4.74 Å². The fourth-order valence-corrected chi connectivity index (χ4v) is 4.00. The van der Waals surface area contributed by atoms with Crippen molar-refractivity contribution in [2.45, 2.75) is 49.4 Å². The normalized spacial score (nSPS) is 16.5. The summed E-state index contributed by atoms with van der Waals surface area (Å²) in [6.45, 7) is 4.08. The smallest absolute Gasteiger partial charge is 0.302 e. The van der Waals surface area contributed by atoms with Crippen LogP contribution in [-0.4, -0.2) is 15.7 Å². The average Bonchev–Trinajstić information content (AvgIpc) is 2.44.